The van der Waals surface area contributed by atoms with Crippen LogP contribution in [0.2, 0.25) is 0 Å². The highest BCUT2D eigenvalue weighted by Crippen LogP contribution is 2.33. The summed E-state index contributed by atoms with van der Waals surface area (Å²) in [5, 5.41) is 13.5. The molecule has 1 aliphatic rings. The summed E-state index contributed by atoms with van der Waals surface area (Å²) in [4.78, 5) is 26.2. The van der Waals surface area contributed by atoms with E-state index in [0.29, 0.717) is 13.1 Å². The molecule has 4 heterocycles. The molecule has 0 aliphatic carbocycles. The van der Waals surface area contributed by atoms with E-state index in [1.807, 2.05) is 49.8 Å². The van der Waals surface area contributed by atoms with Crippen molar-refractivity contribution < 1.29 is 4.79 Å². The van der Waals surface area contributed by atoms with Gasteiger partial charge in [-0.15, -0.1) is 0 Å². The van der Waals surface area contributed by atoms with Crippen LogP contribution < -0.4 is 5.32 Å². The molecule has 142 valence electrons. The first-order valence-electron chi connectivity index (χ1n) is 9.46. The highest BCUT2D eigenvalue weighted by molar-refractivity contribution is 5.97. The second kappa shape index (κ2) is 7.69. The molecule has 1 unspecified atom stereocenters. The van der Waals surface area contributed by atoms with E-state index < -0.39 is 0 Å². The molecule has 1 atom stereocenters. The highest BCUT2D eigenvalue weighted by atomic mass is 16.2. The lowest BCUT2D eigenvalue weighted by Gasteiger charge is -2.34. The van der Waals surface area contributed by atoms with Gasteiger partial charge in [-0.1, -0.05) is 6.07 Å². The first-order valence-corrected chi connectivity index (χ1v) is 9.46. The van der Waals surface area contributed by atoms with Crippen LogP contribution in [0.5, 0.6) is 0 Å². The average Bonchev–Trinajstić information content (AvgIpc) is 3.19. The summed E-state index contributed by atoms with van der Waals surface area (Å²) in [6.45, 7) is 3.31. The molecule has 1 amide bonds. The number of likely N-dealkylation sites (tertiary alicyclic amines) is 1. The van der Waals surface area contributed by atoms with Crippen LogP contribution >= 0.6 is 0 Å². The van der Waals surface area contributed by atoms with Crippen molar-refractivity contribution in [2.75, 3.05) is 18.4 Å². The van der Waals surface area contributed by atoms with E-state index in [1.54, 1.807) is 4.90 Å². The number of nitrogens with zero attached hydrogens (tertiary/aromatic N) is 4. The van der Waals surface area contributed by atoms with Crippen molar-refractivity contribution in [1.82, 2.24) is 19.9 Å². The third kappa shape index (κ3) is 3.54. The number of hydrogen-bond acceptors (Lipinski definition) is 5. The van der Waals surface area contributed by atoms with Crippen molar-refractivity contribution in [2.45, 2.75) is 32.2 Å². The number of hydrogen-bond donors (Lipinski definition) is 2. The van der Waals surface area contributed by atoms with Gasteiger partial charge in [-0.05, 0) is 37.5 Å². The van der Waals surface area contributed by atoms with Gasteiger partial charge in [-0.2, -0.15) is 5.26 Å². The van der Waals surface area contributed by atoms with Gasteiger partial charge in [0.2, 0.25) is 5.91 Å². The Bertz CT molecular complexity index is 1030. The SMILES string of the molecule is Cc1ccc(-c2cnc3[nH]ccc3c2NC2CCCN(C(=O)CC#N)C2)nc1. The number of anilines is 1. The molecule has 28 heavy (non-hydrogen) atoms. The molecule has 0 bridgehead atoms. The molecule has 1 fully saturated rings. The Balaban J connectivity index is 1.66. The number of aromatic nitrogens is 3. The topological polar surface area (TPSA) is 97.7 Å². The number of aromatic amines is 1. The predicted molar refractivity (Wildman–Crippen MR) is 108 cm³/mol. The van der Waals surface area contributed by atoms with Crippen LogP contribution in [0.1, 0.15) is 24.8 Å². The standard InChI is InChI=1S/C21H22N6O/c1-14-4-5-18(24-11-14)17-12-25-21-16(7-9-23-21)20(17)26-15-3-2-10-27(13-15)19(28)6-8-22/h4-5,7,9,11-12,15H,2-3,6,10,13H2,1H3,(H2,23,25,26). The van der Waals surface area contributed by atoms with E-state index in [4.69, 9.17) is 5.26 Å². The van der Waals surface area contributed by atoms with Gasteiger partial charge < -0.3 is 15.2 Å². The van der Waals surface area contributed by atoms with Crippen molar-refractivity contribution in [1.29, 1.82) is 5.26 Å². The molecule has 0 spiro atoms. The molecule has 1 saturated heterocycles. The zero-order valence-electron chi connectivity index (χ0n) is 15.8. The van der Waals surface area contributed by atoms with E-state index in [9.17, 15) is 4.79 Å². The number of fused-ring (bicyclic) bond motifs is 1. The summed E-state index contributed by atoms with van der Waals surface area (Å²) < 4.78 is 0. The molecule has 4 rings (SSSR count). The molecule has 0 radical (unpaired) electrons. The maximum Gasteiger partial charge on any atom is 0.236 e. The molecular weight excluding hydrogens is 352 g/mol. The molecule has 7 nitrogen and oxygen atoms in total. The fourth-order valence-corrected chi connectivity index (χ4v) is 3.69. The Hall–Kier alpha value is -3.40. The summed E-state index contributed by atoms with van der Waals surface area (Å²) in [5.74, 6) is -0.101. The van der Waals surface area contributed by atoms with Gasteiger partial charge in [0.1, 0.15) is 12.1 Å². The van der Waals surface area contributed by atoms with E-state index in [2.05, 4.69) is 20.3 Å². The van der Waals surface area contributed by atoms with Gasteiger partial charge in [-0.3, -0.25) is 9.78 Å². The molecule has 7 heteroatoms. The van der Waals surface area contributed by atoms with E-state index in [0.717, 1.165) is 46.4 Å². The molecule has 0 aromatic carbocycles. The second-order valence-electron chi connectivity index (χ2n) is 7.17. The van der Waals surface area contributed by atoms with Gasteiger partial charge in [-0.25, -0.2) is 4.98 Å². The predicted octanol–water partition coefficient (Wildman–Crippen LogP) is 3.25. The lowest BCUT2D eigenvalue weighted by molar-refractivity contribution is -0.131. The number of aryl methyl sites for hydroxylation is 1. The molecular formula is C21H22N6O. The summed E-state index contributed by atoms with van der Waals surface area (Å²) in [7, 11) is 0. The number of nitrogens with one attached hydrogen (secondary N) is 2. The number of nitriles is 1. The molecule has 1 aliphatic heterocycles. The quantitative estimate of drug-likeness (QED) is 0.730. The second-order valence-corrected chi connectivity index (χ2v) is 7.17. The van der Waals surface area contributed by atoms with E-state index >= 15 is 0 Å². The minimum absolute atomic E-state index is 0.0669. The normalized spacial score (nSPS) is 16.7. The summed E-state index contributed by atoms with van der Waals surface area (Å²) in [5.41, 5.74) is 4.69. The lowest BCUT2D eigenvalue weighted by atomic mass is 10.0. The highest BCUT2D eigenvalue weighted by Gasteiger charge is 2.25. The smallest absolute Gasteiger partial charge is 0.236 e. The van der Waals surface area contributed by atoms with Gasteiger partial charge >= 0.3 is 0 Å². The zero-order valence-corrected chi connectivity index (χ0v) is 15.8. The Morgan fingerprint density at radius 1 is 1.36 bits per heavy atom. The third-order valence-electron chi connectivity index (χ3n) is 5.13. The largest absolute Gasteiger partial charge is 0.379 e. The fourth-order valence-electron chi connectivity index (χ4n) is 3.69. The Morgan fingerprint density at radius 3 is 3.04 bits per heavy atom. The third-order valence-corrected chi connectivity index (χ3v) is 5.13. The van der Waals surface area contributed by atoms with Crippen molar-refractivity contribution >= 4 is 22.6 Å². The van der Waals surface area contributed by atoms with E-state index in [-0.39, 0.29) is 18.4 Å². The Morgan fingerprint density at radius 2 is 2.25 bits per heavy atom. The van der Waals surface area contributed by atoms with Crippen LogP contribution in [-0.2, 0) is 4.79 Å². The fraction of sp³-hybridized carbons (Fsp3) is 0.333. The Kier molecular flexibility index (Phi) is 4.94. The van der Waals surface area contributed by atoms with Gasteiger partial charge in [0.05, 0.1) is 17.5 Å². The van der Waals surface area contributed by atoms with Gasteiger partial charge in [0.15, 0.2) is 0 Å². The van der Waals surface area contributed by atoms with Gasteiger partial charge in [0, 0.05) is 48.7 Å². The maximum atomic E-state index is 12.1. The number of pyridine rings is 2. The van der Waals surface area contributed by atoms with Crippen LogP contribution in [0.3, 0.4) is 0 Å². The van der Waals surface area contributed by atoms with E-state index in [1.165, 1.54) is 0 Å². The van der Waals surface area contributed by atoms with Crippen molar-refractivity contribution in [3.05, 3.63) is 42.4 Å². The minimum Gasteiger partial charge on any atom is -0.379 e. The first-order chi connectivity index (χ1) is 13.7. The number of H-pyrrole nitrogens is 1. The monoisotopic (exact) mass is 374 g/mol. The lowest BCUT2D eigenvalue weighted by Crippen LogP contribution is -2.45. The molecule has 2 N–H and O–H groups in total. The summed E-state index contributed by atoms with van der Waals surface area (Å²) >= 11 is 0. The van der Waals surface area contributed by atoms with Crippen LogP contribution in [0, 0.1) is 18.3 Å². The minimum atomic E-state index is -0.101. The summed E-state index contributed by atoms with van der Waals surface area (Å²) in [6, 6.07) is 8.11. The molecule has 3 aromatic rings. The van der Waals surface area contributed by atoms with Gasteiger partial charge in [0.25, 0.3) is 0 Å². The number of carbonyl (C=O) groups is 1. The average molecular weight is 374 g/mol. The number of carbonyl (C=O) groups excluding carboxylic acids is 1. The molecule has 0 saturated carbocycles. The number of piperidine rings is 1. The maximum absolute atomic E-state index is 12.1. The van der Waals surface area contributed by atoms with Crippen molar-refractivity contribution in [3.63, 3.8) is 0 Å². The van der Waals surface area contributed by atoms with Crippen LogP contribution in [0.25, 0.3) is 22.3 Å². The van der Waals surface area contributed by atoms with Crippen molar-refractivity contribution in [2.24, 2.45) is 0 Å². The first kappa shape index (κ1) is 18.0. The number of amides is 1. The summed E-state index contributed by atoms with van der Waals surface area (Å²) in [6.07, 6.45) is 7.37. The van der Waals surface area contributed by atoms with Crippen molar-refractivity contribution in [3.8, 4) is 17.3 Å². The number of rotatable bonds is 4. The Labute approximate surface area is 163 Å². The van der Waals surface area contributed by atoms with Crippen LogP contribution in [-0.4, -0.2) is 44.9 Å². The molecule has 3 aromatic heterocycles. The zero-order chi connectivity index (χ0) is 19.5. The van der Waals surface area contributed by atoms with Crippen LogP contribution in [0.4, 0.5) is 5.69 Å². The van der Waals surface area contributed by atoms with Crippen LogP contribution in [0.15, 0.2) is 36.8 Å².